The summed E-state index contributed by atoms with van der Waals surface area (Å²) in [6.45, 7) is 0. The van der Waals surface area contributed by atoms with E-state index in [1.54, 1.807) is 18.0 Å². The van der Waals surface area contributed by atoms with Crippen LogP contribution in [0.25, 0.3) is 5.69 Å². The molecule has 1 aromatic carbocycles. The van der Waals surface area contributed by atoms with Crippen LogP contribution in [-0.4, -0.2) is 34.7 Å². The van der Waals surface area contributed by atoms with E-state index in [0.29, 0.717) is 6.42 Å². The van der Waals surface area contributed by atoms with Crippen molar-refractivity contribution in [2.75, 3.05) is 12.9 Å². The second-order valence-corrected chi connectivity index (χ2v) is 5.69. The fraction of sp³-hybridized carbons (Fsp3) is 0.333. The van der Waals surface area contributed by atoms with Crippen LogP contribution in [0.1, 0.15) is 12.0 Å². The zero-order valence-electron chi connectivity index (χ0n) is 11.9. The number of ether oxygens (including phenoxy) is 1. The monoisotopic (exact) mass is 305 g/mol. The van der Waals surface area contributed by atoms with Gasteiger partial charge in [-0.1, -0.05) is 12.1 Å². The number of nitrogens with zero attached hydrogens (tertiary/aromatic N) is 2. The second kappa shape index (κ2) is 7.85. The average Bonchev–Trinajstić information content (AvgIpc) is 3.05. The van der Waals surface area contributed by atoms with Gasteiger partial charge in [0.05, 0.1) is 12.8 Å². The lowest BCUT2D eigenvalue weighted by atomic mass is 10.2. The van der Waals surface area contributed by atoms with Crippen molar-refractivity contribution in [1.29, 1.82) is 0 Å². The molecule has 0 saturated heterocycles. The molecule has 0 spiro atoms. The number of nitrogens with two attached hydrogens (primary N) is 1. The zero-order chi connectivity index (χ0) is 15.1. The normalized spacial score (nSPS) is 12.1. The Morgan fingerprint density at radius 3 is 2.81 bits per heavy atom. The topological polar surface area (TPSA) is 70.1 Å². The standard InChI is InChI=1S/C15H19N3O2S/c1-20-15(19)14(16)7-10-21-11-12-3-5-13(6-4-12)18-9-2-8-17-18/h2-6,8-9,14H,7,10-11,16H2,1H3. The number of thioether (sulfide) groups is 1. The molecule has 0 aliphatic heterocycles. The van der Waals surface area contributed by atoms with Crippen LogP contribution in [0.3, 0.4) is 0 Å². The zero-order valence-corrected chi connectivity index (χ0v) is 12.8. The quantitative estimate of drug-likeness (QED) is 0.626. The highest BCUT2D eigenvalue weighted by Crippen LogP contribution is 2.16. The van der Waals surface area contributed by atoms with Crippen molar-refractivity contribution in [3.63, 3.8) is 0 Å². The Labute approximate surface area is 128 Å². The van der Waals surface area contributed by atoms with Gasteiger partial charge in [0, 0.05) is 18.1 Å². The Bertz CT molecular complexity index is 555. The summed E-state index contributed by atoms with van der Waals surface area (Å²) in [5.74, 6) is 1.38. The maximum absolute atomic E-state index is 11.2. The van der Waals surface area contributed by atoms with Crippen LogP contribution in [0.5, 0.6) is 0 Å². The highest BCUT2D eigenvalue weighted by Gasteiger charge is 2.12. The summed E-state index contributed by atoms with van der Waals surface area (Å²) in [6.07, 6.45) is 4.30. The molecule has 0 bridgehead atoms. The number of rotatable bonds is 7. The number of benzene rings is 1. The van der Waals surface area contributed by atoms with E-state index in [-0.39, 0.29) is 5.97 Å². The molecule has 2 aromatic rings. The maximum Gasteiger partial charge on any atom is 0.322 e. The first kappa shape index (κ1) is 15.6. The molecule has 6 heteroatoms. The minimum absolute atomic E-state index is 0.348. The molecule has 2 rings (SSSR count). The predicted octanol–water partition coefficient (Wildman–Crippen LogP) is 2.00. The van der Waals surface area contributed by atoms with Crippen LogP contribution in [-0.2, 0) is 15.3 Å². The molecule has 0 fully saturated rings. The van der Waals surface area contributed by atoms with E-state index in [9.17, 15) is 4.79 Å². The van der Waals surface area contributed by atoms with E-state index < -0.39 is 6.04 Å². The predicted molar refractivity (Wildman–Crippen MR) is 84.3 cm³/mol. The first-order chi connectivity index (χ1) is 10.2. The van der Waals surface area contributed by atoms with Gasteiger partial charge in [-0.3, -0.25) is 4.79 Å². The number of hydrogen-bond donors (Lipinski definition) is 1. The molecule has 1 unspecified atom stereocenters. The minimum Gasteiger partial charge on any atom is -0.468 e. The van der Waals surface area contributed by atoms with E-state index in [0.717, 1.165) is 17.2 Å². The first-order valence-electron chi connectivity index (χ1n) is 6.71. The van der Waals surface area contributed by atoms with Crippen LogP contribution >= 0.6 is 11.8 Å². The molecular formula is C15H19N3O2S. The lowest BCUT2D eigenvalue weighted by Gasteiger charge is -2.08. The van der Waals surface area contributed by atoms with Crippen LogP contribution in [0.15, 0.2) is 42.7 Å². The number of carbonyl (C=O) groups is 1. The minimum atomic E-state index is -0.523. The number of aromatic nitrogens is 2. The van der Waals surface area contributed by atoms with Crippen molar-refractivity contribution in [2.24, 2.45) is 5.73 Å². The molecule has 1 aromatic heterocycles. The van der Waals surface area contributed by atoms with Crippen molar-refractivity contribution in [1.82, 2.24) is 9.78 Å². The highest BCUT2D eigenvalue weighted by molar-refractivity contribution is 7.98. The molecule has 0 aliphatic carbocycles. The SMILES string of the molecule is COC(=O)C(N)CCSCc1ccc(-n2cccn2)cc1. The Morgan fingerprint density at radius 1 is 1.43 bits per heavy atom. The van der Waals surface area contributed by atoms with Crippen molar-refractivity contribution in [3.8, 4) is 5.69 Å². The Kier molecular flexibility index (Phi) is 5.83. The molecule has 112 valence electrons. The third-order valence-electron chi connectivity index (χ3n) is 3.05. The lowest BCUT2D eigenvalue weighted by Crippen LogP contribution is -2.31. The molecule has 5 nitrogen and oxygen atoms in total. The van der Waals surface area contributed by atoms with Gasteiger partial charge in [-0.15, -0.1) is 0 Å². The van der Waals surface area contributed by atoms with Crippen LogP contribution in [0, 0.1) is 0 Å². The summed E-state index contributed by atoms with van der Waals surface area (Å²) in [5.41, 5.74) is 7.97. The third-order valence-corrected chi connectivity index (χ3v) is 4.11. The van der Waals surface area contributed by atoms with E-state index in [1.807, 2.05) is 29.1 Å². The van der Waals surface area contributed by atoms with E-state index in [4.69, 9.17) is 5.73 Å². The van der Waals surface area contributed by atoms with Gasteiger partial charge >= 0.3 is 5.97 Å². The van der Waals surface area contributed by atoms with Gasteiger partial charge in [-0.05, 0) is 35.9 Å². The first-order valence-corrected chi connectivity index (χ1v) is 7.86. The van der Waals surface area contributed by atoms with Crippen molar-refractivity contribution < 1.29 is 9.53 Å². The van der Waals surface area contributed by atoms with Gasteiger partial charge in [0.15, 0.2) is 0 Å². The molecule has 2 N–H and O–H groups in total. The smallest absolute Gasteiger partial charge is 0.322 e. The van der Waals surface area contributed by atoms with Gasteiger partial charge in [0.1, 0.15) is 6.04 Å². The third kappa shape index (κ3) is 4.61. The van der Waals surface area contributed by atoms with Crippen molar-refractivity contribution >= 4 is 17.7 Å². The number of carbonyl (C=O) groups excluding carboxylic acids is 1. The summed E-state index contributed by atoms with van der Waals surface area (Å²) in [4.78, 5) is 11.2. The summed E-state index contributed by atoms with van der Waals surface area (Å²) in [7, 11) is 1.36. The highest BCUT2D eigenvalue weighted by atomic mass is 32.2. The number of methoxy groups -OCH3 is 1. The fourth-order valence-corrected chi connectivity index (χ4v) is 2.83. The van der Waals surface area contributed by atoms with Gasteiger partial charge in [0.2, 0.25) is 0 Å². The molecule has 0 amide bonds. The number of esters is 1. The van der Waals surface area contributed by atoms with Crippen LogP contribution < -0.4 is 5.73 Å². The average molecular weight is 305 g/mol. The van der Waals surface area contributed by atoms with Crippen molar-refractivity contribution in [2.45, 2.75) is 18.2 Å². The van der Waals surface area contributed by atoms with Gasteiger partial charge in [-0.25, -0.2) is 4.68 Å². The van der Waals surface area contributed by atoms with Gasteiger partial charge < -0.3 is 10.5 Å². The molecule has 1 atom stereocenters. The number of hydrogen-bond acceptors (Lipinski definition) is 5. The van der Waals surface area contributed by atoms with E-state index in [2.05, 4.69) is 22.0 Å². The second-order valence-electron chi connectivity index (χ2n) is 4.59. The van der Waals surface area contributed by atoms with E-state index in [1.165, 1.54) is 12.7 Å². The van der Waals surface area contributed by atoms with Gasteiger partial charge in [0.25, 0.3) is 0 Å². The molecular weight excluding hydrogens is 286 g/mol. The fourth-order valence-electron chi connectivity index (χ4n) is 1.84. The maximum atomic E-state index is 11.2. The summed E-state index contributed by atoms with van der Waals surface area (Å²) >= 11 is 1.76. The van der Waals surface area contributed by atoms with Crippen molar-refractivity contribution in [3.05, 3.63) is 48.3 Å². The largest absolute Gasteiger partial charge is 0.468 e. The molecule has 0 aliphatic rings. The Hall–Kier alpha value is -1.79. The molecule has 0 radical (unpaired) electrons. The summed E-state index contributed by atoms with van der Waals surface area (Å²) < 4.78 is 6.42. The summed E-state index contributed by atoms with van der Waals surface area (Å²) in [5, 5.41) is 4.19. The van der Waals surface area contributed by atoms with Gasteiger partial charge in [-0.2, -0.15) is 16.9 Å². The summed E-state index contributed by atoms with van der Waals surface area (Å²) in [6, 6.07) is 9.64. The van der Waals surface area contributed by atoms with E-state index >= 15 is 0 Å². The molecule has 1 heterocycles. The Balaban J connectivity index is 1.75. The molecule has 0 saturated carbocycles. The lowest BCUT2D eigenvalue weighted by molar-refractivity contribution is -0.142. The van der Waals surface area contributed by atoms with Crippen LogP contribution in [0.4, 0.5) is 0 Å². The van der Waals surface area contributed by atoms with Crippen LogP contribution in [0.2, 0.25) is 0 Å². The molecule has 21 heavy (non-hydrogen) atoms. The Morgan fingerprint density at radius 2 is 2.19 bits per heavy atom.